The van der Waals surface area contributed by atoms with Gasteiger partial charge < -0.3 is 15.4 Å². The minimum atomic E-state index is -4.43. The highest BCUT2D eigenvalue weighted by Crippen LogP contribution is 2.18. The summed E-state index contributed by atoms with van der Waals surface area (Å²) in [5.74, 6) is -0.177. The van der Waals surface area contributed by atoms with Gasteiger partial charge in [-0.3, -0.25) is 4.98 Å². The van der Waals surface area contributed by atoms with Gasteiger partial charge in [-0.25, -0.2) is 9.78 Å². The molecule has 0 aliphatic rings. The fraction of sp³-hybridized carbons (Fsp3) is 0.267. The van der Waals surface area contributed by atoms with Crippen LogP contribution in [0.4, 0.5) is 23.7 Å². The molecule has 0 aliphatic heterocycles. The summed E-state index contributed by atoms with van der Waals surface area (Å²) in [6, 6.07) is 5.49. The van der Waals surface area contributed by atoms with E-state index >= 15 is 0 Å². The molecular weight excluding hydrogens is 325 g/mol. The summed E-state index contributed by atoms with van der Waals surface area (Å²) in [6.07, 6.45) is 0.0218. The third-order valence-electron chi connectivity index (χ3n) is 2.93. The normalized spacial score (nSPS) is 12.3. The molecule has 2 aromatic heterocycles. The summed E-state index contributed by atoms with van der Waals surface area (Å²) >= 11 is 0. The minimum Gasteiger partial charge on any atom is -0.468 e. The Labute approximate surface area is 136 Å². The number of nitrogens with zero attached hydrogens (tertiary/aromatic N) is 2. The smallest absolute Gasteiger partial charge is 0.422 e. The van der Waals surface area contributed by atoms with Gasteiger partial charge in [0.1, 0.15) is 0 Å². The van der Waals surface area contributed by atoms with Crippen LogP contribution in [0.5, 0.6) is 5.88 Å². The van der Waals surface area contributed by atoms with E-state index in [1.54, 1.807) is 31.5 Å². The van der Waals surface area contributed by atoms with Crippen LogP contribution in [0.25, 0.3) is 0 Å². The highest BCUT2D eigenvalue weighted by atomic mass is 19.4. The predicted molar refractivity (Wildman–Crippen MR) is 80.6 cm³/mol. The van der Waals surface area contributed by atoms with Crippen LogP contribution in [-0.2, 0) is 0 Å². The van der Waals surface area contributed by atoms with Crippen LogP contribution in [0.3, 0.4) is 0 Å². The number of alkyl halides is 3. The summed E-state index contributed by atoms with van der Waals surface area (Å²) in [7, 11) is 0. The number of pyridine rings is 2. The van der Waals surface area contributed by atoms with E-state index < -0.39 is 18.8 Å². The molecule has 0 spiro atoms. The first-order chi connectivity index (χ1) is 11.3. The largest absolute Gasteiger partial charge is 0.468 e. The first kappa shape index (κ1) is 17.5. The number of ether oxygens (including phenoxy) is 1. The third-order valence-corrected chi connectivity index (χ3v) is 2.93. The van der Waals surface area contributed by atoms with Crippen LogP contribution in [0, 0.1) is 0 Å². The third kappa shape index (κ3) is 5.75. The van der Waals surface area contributed by atoms with Crippen molar-refractivity contribution in [2.24, 2.45) is 0 Å². The van der Waals surface area contributed by atoms with Gasteiger partial charge >= 0.3 is 12.2 Å². The zero-order valence-corrected chi connectivity index (χ0v) is 12.7. The van der Waals surface area contributed by atoms with Gasteiger partial charge in [-0.2, -0.15) is 13.2 Å². The molecule has 6 nitrogen and oxygen atoms in total. The van der Waals surface area contributed by atoms with Crippen LogP contribution >= 0.6 is 0 Å². The number of urea groups is 1. The number of hydrogen-bond donors (Lipinski definition) is 2. The molecule has 0 radical (unpaired) electrons. The van der Waals surface area contributed by atoms with E-state index in [0.717, 1.165) is 5.56 Å². The molecule has 0 aliphatic carbocycles. The number of carbonyl (C=O) groups excluding carboxylic acids is 1. The van der Waals surface area contributed by atoms with Crippen LogP contribution in [0.1, 0.15) is 18.5 Å². The average Bonchev–Trinajstić information content (AvgIpc) is 2.54. The van der Waals surface area contributed by atoms with Crippen molar-refractivity contribution in [3.8, 4) is 5.88 Å². The summed E-state index contributed by atoms with van der Waals surface area (Å²) in [5, 5.41) is 5.25. The van der Waals surface area contributed by atoms with E-state index in [0.29, 0.717) is 5.69 Å². The van der Waals surface area contributed by atoms with E-state index in [1.165, 1.54) is 18.3 Å². The van der Waals surface area contributed by atoms with Crippen molar-refractivity contribution in [2.75, 3.05) is 11.9 Å². The maximum absolute atomic E-state index is 12.0. The number of nitrogens with one attached hydrogen (secondary N) is 2. The van der Waals surface area contributed by atoms with Crippen molar-refractivity contribution in [2.45, 2.75) is 19.1 Å². The number of aromatic nitrogens is 2. The lowest BCUT2D eigenvalue weighted by Gasteiger charge is -2.15. The van der Waals surface area contributed by atoms with Crippen LogP contribution in [0.2, 0.25) is 0 Å². The Morgan fingerprint density at radius 1 is 1.25 bits per heavy atom. The molecule has 128 valence electrons. The van der Waals surface area contributed by atoms with Gasteiger partial charge in [0, 0.05) is 18.5 Å². The molecule has 0 bridgehead atoms. The predicted octanol–water partition coefficient (Wildman–Crippen LogP) is 3.30. The molecule has 24 heavy (non-hydrogen) atoms. The standard InChI is InChI=1S/C15H15F3N4O2/c1-10(11-4-6-19-7-5-11)21-14(23)22-12-2-3-13(20-8-12)24-9-15(16,17)18/h2-8,10H,9H2,1H3,(H2,21,22,23)/t10-/m1/s1. The topological polar surface area (TPSA) is 76.1 Å². The second kappa shape index (κ2) is 7.62. The van der Waals surface area contributed by atoms with E-state index in [1.807, 2.05) is 0 Å². The van der Waals surface area contributed by atoms with Crippen molar-refractivity contribution in [3.05, 3.63) is 48.4 Å². The van der Waals surface area contributed by atoms with Crippen LogP contribution in [0.15, 0.2) is 42.9 Å². The lowest BCUT2D eigenvalue weighted by molar-refractivity contribution is -0.154. The van der Waals surface area contributed by atoms with Gasteiger partial charge in [-0.15, -0.1) is 0 Å². The Morgan fingerprint density at radius 3 is 2.54 bits per heavy atom. The number of carbonyl (C=O) groups is 1. The van der Waals surface area contributed by atoms with Crippen molar-refractivity contribution < 1.29 is 22.7 Å². The summed E-state index contributed by atoms with van der Waals surface area (Å²) in [6.45, 7) is 0.387. The number of anilines is 1. The summed E-state index contributed by atoms with van der Waals surface area (Å²) in [4.78, 5) is 19.5. The molecule has 0 fully saturated rings. The number of amides is 2. The monoisotopic (exact) mass is 340 g/mol. The Bertz CT molecular complexity index is 663. The van der Waals surface area contributed by atoms with Crippen molar-refractivity contribution >= 4 is 11.7 Å². The number of hydrogen-bond acceptors (Lipinski definition) is 4. The second-order valence-electron chi connectivity index (χ2n) is 4.89. The quantitative estimate of drug-likeness (QED) is 0.876. The molecule has 1 atom stereocenters. The summed E-state index contributed by atoms with van der Waals surface area (Å²) in [5.41, 5.74) is 1.21. The summed E-state index contributed by atoms with van der Waals surface area (Å²) < 4.78 is 40.6. The molecule has 2 heterocycles. The first-order valence-corrected chi connectivity index (χ1v) is 6.96. The zero-order valence-electron chi connectivity index (χ0n) is 12.7. The van der Waals surface area contributed by atoms with Gasteiger partial charge in [-0.1, -0.05) is 0 Å². The Kier molecular flexibility index (Phi) is 5.56. The highest BCUT2D eigenvalue weighted by Gasteiger charge is 2.28. The van der Waals surface area contributed by atoms with Gasteiger partial charge in [0.05, 0.1) is 17.9 Å². The molecule has 2 amide bonds. The fourth-order valence-corrected chi connectivity index (χ4v) is 1.79. The van der Waals surface area contributed by atoms with Crippen molar-refractivity contribution in [1.82, 2.24) is 15.3 Å². The van der Waals surface area contributed by atoms with Crippen LogP contribution < -0.4 is 15.4 Å². The number of halogens is 3. The molecule has 0 saturated heterocycles. The SMILES string of the molecule is C[C@@H](NC(=O)Nc1ccc(OCC(F)(F)F)nc1)c1ccncc1. The van der Waals surface area contributed by atoms with Gasteiger partial charge in [0.25, 0.3) is 0 Å². The van der Waals surface area contributed by atoms with Gasteiger partial charge in [0.2, 0.25) is 5.88 Å². The Morgan fingerprint density at radius 2 is 1.96 bits per heavy atom. The Balaban J connectivity index is 1.85. The fourth-order valence-electron chi connectivity index (χ4n) is 1.79. The first-order valence-electron chi connectivity index (χ1n) is 6.96. The van der Waals surface area contributed by atoms with E-state index in [4.69, 9.17) is 0 Å². The lowest BCUT2D eigenvalue weighted by atomic mass is 10.1. The molecule has 9 heteroatoms. The molecular formula is C15H15F3N4O2. The van der Waals surface area contributed by atoms with Gasteiger partial charge in [-0.05, 0) is 30.7 Å². The van der Waals surface area contributed by atoms with Crippen molar-refractivity contribution in [1.29, 1.82) is 0 Å². The minimum absolute atomic E-state index is 0.177. The molecule has 0 aromatic carbocycles. The molecule has 2 aromatic rings. The van der Waals surface area contributed by atoms with E-state index in [-0.39, 0.29) is 11.9 Å². The lowest BCUT2D eigenvalue weighted by Crippen LogP contribution is -2.31. The molecule has 2 N–H and O–H groups in total. The second-order valence-corrected chi connectivity index (χ2v) is 4.89. The average molecular weight is 340 g/mol. The molecule has 0 unspecified atom stereocenters. The zero-order chi connectivity index (χ0) is 17.6. The molecule has 0 saturated carbocycles. The number of rotatable bonds is 5. The highest BCUT2D eigenvalue weighted by molar-refractivity contribution is 5.89. The maximum atomic E-state index is 12.0. The van der Waals surface area contributed by atoms with Crippen molar-refractivity contribution in [3.63, 3.8) is 0 Å². The Hall–Kier alpha value is -2.84. The van der Waals surface area contributed by atoms with E-state index in [9.17, 15) is 18.0 Å². The van der Waals surface area contributed by atoms with E-state index in [2.05, 4.69) is 25.3 Å². The van der Waals surface area contributed by atoms with Gasteiger partial charge in [0.15, 0.2) is 6.61 Å². The van der Waals surface area contributed by atoms with Crippen LogP contribution in [-0.4, -0.2) is 28.8 Å². The maximum Gasteiger partial charge on any atom is 0.422 e. The molecule has 2 rings (SSSR count).